The number of ether oxygens (including phenoxy) is 3. The Balaban J connectivity index is 1.41. The molecule has 0 aromatic heterocycles. The molecule has 6 rings (SSSR count). The number of urea groups is 1. The average Bonchev–Trinajstić information content (AvgIpc) is 2.80. The summed E-state index contributed by atoms with van der Waals surface area (Å²) < 4.78 is 16.2. The summed E-state index contributed by atoms with van der Waals surface area (Å²) in [4.78, 5) is 38.8. The highest BCUT2D eigenvalue weighted by Gasteiger charge is 2.61. The van der Waals surface area contributed by atoms with Crippen LogP contribution >= 0.6 is 0 Å². The Morgan fingerprint density at radius 3 is 2.37 bits per heavy atom. The molecule has 188 valence electrons. The van der Waals surface area contributed by atoms with Gasteiger partial charge in [0.25, 0.3) is 0 Å². The SMILES string of the molecule is CCOC(=O)C1=C(COC(=O)C23CC4CC(CC(O)(C4)C2)C3)NC(=O)NC1c1ccc(OC)cc1. The molecule has 2 amide bonds. The van der Waals surface area contributed by atoms with Crippen molar-refractivity contribution in [1.29, 1.82) is 0 Å². The largest absolute Gasteiger partial charge is 0.497 e. The number of carbonyl (C=O) groups is 3. The first-order valence-electron chi connectivity index (χ1n) is 12.3. The summed E-state index contributed by atoms with van der Waals surface area (Å²) in [5.74, 6) is 0.342. The number of carbonyl (C=O) groups excluding carboxylic acids is 3. The quantitative estimate of drug-likeness (QED) is 0.509. The molecule has 9 heteroatoms. The molecule has 3 N–H and O–H groups in total. The normalized spacial score (nSPS) is 33.1. The first kappa shape index (κ1) is 23.7. The van der Waals surface area contributed by atoms with Gasteiger partial charge in [-0.3, -0.25) is 4.79 Å². The van der Waals surface area contributed by atoms with Crippen molar-refractivity contribution >= 4 is 18.0 Å². The number of esters is 2. The van der Waals surface area contributed by atoms with E-state index in [4.69, 9.17) is 14.2 Å². The molecule has 4 aliphatic carbocycles. The molecule has 1 aliphatic heterocycles. The van der Waals surface area contributed by atoms with E-state index in [0.29, 0.717) is 29.6 Å². The van der Waals surface area contributed by atoms with Crippen LogP contribution in [0.5, 0.6) is 5.75 Å². The van der Waals surface area contributed by atoms with E-state index in [0.717, 1.165) is 32.1 Å². The van der Waals surface area contributed by atoms with Gasteiger partial charge in [-0.05, 0) is 75.0 Å². The maximum atomic E-state index is 13.4. The third-order valence-electron chi connectivity index (χ3n) is 7.91. The van der Waals surface area contributed by atoms with Crippen LogP contribution in [0.15, 0.2) is 35.5 Å². The van der Waals surface area contributed by atoms with E-state index in [1.807, 2.05) is 0 Å². The van der Waals surface area contributed by atoms with Gasteiger partial charge >= 0.3 is 18.0 Å². The number of aliphatic hydroxyl groups is 1. The zero-order valence-electron chi connectivity index (χ0n) is 20.1. The second-order valence-corrected chi connectivity index (χ2v) is 10.5. The standard InChI is InChI=1S/C26H32N2O7/c1-3-34-22(29)20-19(27-24(31)28-21(20)17-4-6-18(33-2)7-5-17)13-35-23(30)25-9-15-8-16(10-25)12-26(32,11-15)14-25/h4-7,15-16,21,32H,3,8-14H2,1-2H3,(H2,27,28,31). The van der Waals surface area contributed by atoms with Crippen LogP contribution in [0.1, 0.15) is 57.1 Å². The minimum atomic E-state index is -0.791. The molecule has 4 fully saturated rings. The summed E-state index contributed by atoms with van der Waals surface area (Å²) in [5, 5.41) is 16.4. The molecule has 0 saturated heterocycles. The number of hydrogen-bond donors (Lipinski definition) is 3. The van der Waals surface area contributed by atoms with Crippen LogP contribution in [0, 0.1) is 17.3 Å². The van der Waals surface area contributed by atoms with Gasteiger partial charge in [0.1, 0.15) is 12.4 Å². The Kier molecular flexibility index (Phi) is 5.99. The maximum absolute atomic E-state index is 13.4. The van der Waals surface area contributed by atoms with Crippen LogP contribution in [-0.2, 0) is 19.1 Å². The number of methoxy groups -OCH3 is 1. The van der Waals surface area contributed by atoms with Gasteiger partial charge in [-0.2, -0.15) is 0 Å². The number of rotatable bonds is 7. The highest BCUT2D eigenvalue weighted by molar-refractivity contribution is 5.95. The van der Waals surface area contributed by atoms with Gasteiger partial charge in [0.05, 0.1) is 42.0 Å². The fourth-order valence-corrected chi connectivity index (χ4v) is 6.97. The van der Waals surface area contributed by atoms with E-state index < -0.39 is 29.1 Å². The van der Waals surface area contributed by atoms with Crippen molar-refractivity contribution in [3.05, 3.63) is 41.1 Å². The van der Waals surface area contributed by atoms with Crippen molar-refractivity contribution in [2.75, 3.05) is 20.3 Å². The lowest BCUT2D eigenvalue weighted by molar-refractivity contribution is -0.195. The lowest BCUT2D eigenvalue weighted by Crippen LogP contribution is -2.58. The molecule has 9 nitrogen and oxygen atoms in total. The highest BCUT2D eigenvalue weighted by Crippen LogP contribution is 2.62. The van der Waals surface area contributed by atoms with Crippen LogP contribution < -0.4 is 15.4 Å². The van der Waals surface area contributed by atoms with Gasteiger partial charge in [-0.15, -0.1) is 0 Å². The van der Waals surface area contributed by atoms with Crippen molar-refractivity contribution in [3.63, 3.8) is 0 Å². The summed E-state index contributed by atoms with van der Waals surface area (Å²) in [6.45, 7) is 1.60. The molecule has 35 heavy (non-hydrogen) atoms. The van der Waals surface area contributed by atoms with Crippen molar-refractivity contribution in [3.8, 4) is 5.75 Å². The fourth-order valence-electron chi connectivity index (χ4n) is 6.97. The van der Waals surface area contributed by atoms with Crippen LogP contribution in [-0.4, -0.2) is 49.0 Å². The van der Waals surface area contributed by atoms with Gasteiger partial charge in [0.15, 0.2) is 0 Å². The van der Waals surface area contributed by atoms with E-state index in [2.05, 4.69) is 10.6 Å². The molecule has 5 aliphatic rings. The molecule has 0 spiro atoms. The summed E-state index contributed by atoms with van der Waals surface area (Å²) in [6.07, 6.45) is 4.41. The third kappa shape index (κ3) is 4.37. The first-order valence-corrected chi connectivity index (χ1v) is 12.3. The van der Waals surface area contributed by atoms with E-state index in [-0.39, 0.29) is 30.5 Å². The summed E-state index contributed by atoms with van der Waals surface area (Å²) >= 11 is 0. The van der Waals surface area contributed by atoms with E-state index in [1.165, 1.54) is 0 Å². The van der Waals surface area contributed by atoms with Crippen LogP contribution in [0.3, 0.4) is 0 Å². The van der Waals surface area contributed by atoms with E-state index in [9.17, 15) is 19.5 Å². The molecule has 3 atom stereocenters. The van der Waals surface area contributed by atoms with Gasteiger partial charge < -0.3 is 30.0 Å². The lowest BCUT2D eigenvalue weighted by atomic mass is 9.48. The Hall–Kier alpha value is -3.07. The predicted molar refractivity (Wildman–Crippen MR) is 124 cm³/mol. The fraction of sp³-hybridized carbons (Fsp3) is 0.577. The molecule has 1 aromatic carbocycles. The van der Waals surface area contributed by atoms with Gasteiger partial charge in [-0.25, -0.2) is 9.59 Å². The number of hydrogen-bond acceptors (Lipinski definition) is 7. The van der Waals surface area contributed by atoms with Crippen LogP contribution in [0.4, 0.5) is 4.79 Å². The van der Waals surface area contributed by atoms with Crippen molar-refractivity contribution in [2.24, 2.45) is 17.3 Å². The second-order valence-electron chi connectivity index (χ2n) is 10.5. The van der Waals surface area contributed by atoms with Crippen LogP contribution in [0.25, 0.3) is 0 Å². The Bertz CT molecular complexity index is 1050. The van der Waals surface area contributed by atoms with Crippen LogP contribution in [0.2, 0.25) is 0 Å². The lowest BCUT2D eigenvalue weighted by Gasteiger charge is -2.58. The van der Waals surface area contributed by atoms with Gasteiger partial charge in [-0.1, -0.05) is 12.1 Å². The first-order chi connectivity index (χ1) is 16.7. The monoisotopic (exact) mass is 484 g/mol. The zero-order valence-corrected chi connectivity index (χ0v) is 20.1. The molecular formula is C26H32N2O7. The number of benzene rings is 1. The van der Waals surface area contributed by atoms with Gasteiger partial charge in [0.2, 0.25) is 0 Å². The summed E-state index contributed by atoms with van der Waals surface area (Å²) in [5.41, 5.74) is -0.439. The molecule has 0 radical (unpaired) electrons. The average molecular weight is 485 g/mol. The Morgan fingerprint density at radius 1 is 1.09 bits per heavy atom. The van der Waals surface area contributed by atoms with Crippen molar-refractivity contribution in [2.45, 2.75) is 57.1 Å². The Labute approximate surface area is 204 Å². The van der Waals surface area contributed by atoms with E-state index in [1.54, 1.807) is 38.3 Å². The summed E-state index contributed by atoms with van der Waals surface area (Å²) in [6, 6.07) is 5.71. The van der Waals surface area contributed by atoms with Crippen molar-refractivity contribution in [1.82, 2.24) is 10.6 Å². The molecule has 1 heterocycles. The highest BCUT2D eigenvalue weighted by atomic mass is 16.5. The Morgan fingerprint density at radius 2 is 1.77 bits per heavy atom. The van der Waals surface area contributed by atoms with Crippen molar-refractivity contribution < 1.29 is 33.7 Å². The minimum Gasteiger partial charge on any atom is -0.497 e. The molecule has 4 saturated carbocycles. The van der Waals surface area contributed by atoms with E-state index >= 15 is 0 Å². The molecule has 3 unspecified atom stereocenters. The maximum Gasteiger partial charge on any atom is 0.338 e. The third-order valence-corrected chi connectivity index (χ3v) is 7.91. The smallest absolute Gasteiger partial charge is 0.338 e. The topological polar surface area (TPSA) is 123 Å². The summed E-state index contributed by atoms with van der Waals surface area (Å²) in [7, 11) is 1.56. The second kappa shape index (κ2) is 8.86. The number of amides is 2. The molecular weight excluding hydrogens is 452 g/mol. The molecule has 1 aromatic rings. The molecule has 4 bridgehead atoms. The van der Waals surface area contributed by atoms with Gasteiger partial charge in [0, 0.05) is 0 Å². The zero-order chi connectivity index (χ0) is 24.8. The minimum absolute atomic E-state index is 0.156. The predicted octanol–water partition coefficient (Wildman–Crippen LogP) is 2.74. The number of nitrogens with one attached hydrogen (secondary N) is 2.